The van der Waals surface area contributed by atoms with Gasteiger partial charge < -0.3 is 4.74 Å². The summed E-state index contributed by atoms with van der Waals surface area (Å²) in [4.78, 5) is 11.5. The van der Waals surface area contributed by atoms with Gasteiger partial charge in [-0.15, -0.1) is 0 Å². The number of unbranched alkanes of at least 4 members (excludes halogenated alkanes) is 6. The zero-order valence-corrected chi connectivity index (χ0v) is 12.0. The molecule has 1 atom stereocenters. The van der Waals surface area contributed by atoms with E-state index in [1.807, 2.05) is 6.92 Å². The van der Waals surface area contributed by atoms with Gasteiger partial charge in [0.25, 0.3) is 0 Å². The number of hydrogen-bond acceptors (Lipinski definition) is 2. The summed E-state index contributed by atoms with van der Waals surface area (Å²) in [5.74, 6) is 0.405. The van der Waals surface area contributed by atoms with Gasteiger partial charge in [0.05, 0.1) is 6.10 Å². The molecular weight excluding hydrogens is 212 g/mol. The van der Waals surface area contributed by atoms with Gasteiger partial charge in [-0.2, -0.15) is 0 Å². The first kappa shape index (κ1) is 16.6. The number of rotatable bonds is 12. The van der Waals surface area contributed by atoms with Crippen molar-refractivity contribution in [3.8, 4) is 0 Å². The Morgan fingerprint density at radius 1 is 1.00 bits per heavy atom. The van der Waals surface area contributed by atoms with E-state index in [2.05, 4.69) is 6.92 Å². The summed E-state index contributed by atoms with van der Waals surface area (Å²) in [6.45, 7) is 4.25. The smallest absolute Gasteiger partial charge is 0.133 e. The van der Waals surface area contributed by atoms with Gasteiger partial charge >= 0.3 is 0 Å². The maximum Gasteiger partial charge on any atom is 0.133 e. The molecule has 0 aromatic carbocycles. The molecule has 0 radical (unpaired) electrons. The zero-order valence-electron chi connectivity index (χ0n) is 12.0. The van der Waals surface area contributed by atoms with Crippen LogP contribution in [0.3, 0.4) is 0 Å². The van der Waals surface area contributed by atoms with Crippen molar-refractivity contribution in [2.75, 3.05) is 7.11 Å². The molecule has 0 aliphatic rings. The van der Waals surface area contributed by atoms with Crippen LogP contribution in [0.5, 0.6) is 0 Å². The first-order valence-corrected chi connectivity index (χ1v) is 7.25. The summed E-state index contributed by atoms with van der Waals surface area (Å²) >= 11 is 0. The van der Waals surface area contributed by atoms with Crippen LogP contribution in [0, 0.1) is 0 Å². The molecule has 2 nitrogen and oxygen atoms in total. The normalized spacial score (nSPS) is 12.6. The lowest BCUT2D eigenvalue weighted by Crippen LogP contribution is -2.08. The minimum atomic E-state index is 0.216. The maximum absolute atomic E-state index is 11.5. The van der Waals surface area contributed by atoms with Crippen molar-refractivity contribution >= 4 is 5.78 Å². The minimum Gasteiger partial charge on any atom is -0.382 e. The molecule has 0 heterocycles. The molecule has 0 rings (SSSR count). The van der Waals surface area contributed by atoms with Crippen molar-refractivity contribution in [1.82, 2.24) is 0 Å². The van der Waals surface area contributed by atoms with Crippen LogP contribution in [-0.4, -0.2) is 19.0 Å². The summed E-state index contributed by atoms with van der Waals surface area (Å²) in [6, 6.07) is 0. The molecule has 17 heavy (non-hydrogen) atoms. The molecule has 2 heteroatoms. The Bertz CT molecular complexity index is 178. The van der Waals surface area contributed by atoms with E-state index in [1.54, 1.807) is 7.11 Å². The van der Waals surface area contributed by atoms with Crippen molar-refractivity contribution in [1.29, 1.82) is 0 Å². The second-order valence-electron chi connectivity index (χ2n) is 4.99. The van der Waals surface area contributed by atoms with Crippen molar-refractivity contribution in [3.05, 3.63) is 0 Å². The molecule has 0 saturated heterocycles. The third-order valence-electron chi connectivity index (χ3n) is 3.29. The Kier molecular flexibility index (Phi) is 11.8. The monoisotopic (exact) mass is 242 g/mol. The highest BCUT2D eigenvalue weighted by Crippen LogP contribution is 2.10. The molecule has 0 aliphatic carbocycles. The van der Waals surface area contributed by atoms with Crippen molar-refractivity contribution in [3.63, 3.8) is 0 Å². The van der Waals surface area contributed by atoms with Crippen LogP contribution < -0.4 is 0 Å². The van der Waals surface area contributed by atoms with Crippen molar-refractivity contribution < 1.29 is 9.53 Å². The highest BCUT2D eigenvalue weighted by Gasteiger charge is 2.05. The fraction of sp³-hybridized carbons (Fsp3) is 0.933. The molecule has 0 aromatic heterocycles. The number of hydrogen-bond donors (Lipinski definition) is 0. The fourth-order valence-electron chi connectivity index (χ4n) is 1.89. The van der Waals surface area contributed by atoms with Gasteiger partial charge in [-0.25, -0.2) is 0 Å². The van der Waals surface area contributed by atoms with Crippen LogP contribution in [0.25, 0.3) is 0 Å². The van der Waals surface area contributed by atoms with Gasteiger partial charge in [0.1, 0.15) is 5.78 Å². The number of methoxy groups -OCH3 is 1. The molecular formula is C15H30O2. The molecule has 0 fully saturated rings. The number of ketones is 1. The van der Waals surface area contributed by atoms with Crippen molar-refractivity contribution in [2.45, 2.75) is 84.2 Å². The highest BCUT2D eigenvalue weighted by molar-refractivity contribution is 5.78. The first-order valence-electron chi connectivity index (χ1n) is 7.25. The van der Waals surface area contributed by atoms with E-state index in [1.165, 1.54) is 38.5 Å². The number of Topliss-reactive ketones (excluding diaryl/α,β-unsaturated/α-hetero) is 1. The van der Waals surface area contributed by atoms with Crippen molar-refractivity contribution in [2.24, 2.45) is 0 Å². The Hall–Kier alpha value is -0.370. The predicted octanol–water partition coefficient (Wildman–Crippen LogP) is 4.51. The van der Waals surface area contributed by atoms with Crippen LogP contribution in [0.2, 0.25) is 0 Å². The third kappa shape index (κ3) is 11.9. The number of carbonyl (C=O) groups is 1. The Labute approximate surface area is 107 Å². The van der Waals surface area contributed by atoms with Crippen LogP contribution in [0.1, 0.15) is 78.1 Å². The van der Waals surface area contributed by atoms with Crippen LogP contribution >= 0.6 is 0 Å². The average Bonchev–Trinajstić information content (AvgIpc) is 2.34. The lowest BCUT2D eigenvalue weighted by molar-refractivity contribution is -0.119. The summed E-state index contributed by atoms with van der Waals surface area (Å²) in [5, 5.41) is 0. The summed E-state index contributed by atoms with van der Waals surface area (Å²) in [6.07, 6.45) is 11.5. The molecule has 0 amide bonds. The van der Waals surface area contributed by atoms with E-state index in [0.717, 1.165) is 19.3 Å². The van der Waals surface area contributed by atoms with E-state index >= 15 is 0 Å². The molecule has 102 valence electrons. The quantitative estimate of drug-likeness (QED) is 0.471. The fourth-order valence-corrected chi connectivity index (χ4v) is 1.89. The third-order valence-corrected chi connectivity index (χ3v) is 3.29. The highest BCUT2D eigenvalue weighted by atomic mass is 16.5. The second-order valence-corrected chi connectivity index (χ2v) is 4.99. The molecule has 0 bridgehead atoms. The molecule has 0 N–H and O–H groups in total. The van der Waals surface area contributed by atoms with Gasteiger partial charge in [-0.05, 0) is 19.8 Å². The lowest BCUT2D eigenvalue weighted by Gasteiger charge is -2.07. The van der Waals surface area contributed by atoms with Gasteiger partial charge in [-0.3, -0.25) is 4.79 Å². The molecule has 0 aliphatic heterocycles. The maximum atomic E-state index is 11.5. The second kappa shape index (κ2) is 12.1. The topological polar surface area (TPSA) is 26.3 Å². The molecule has 0 saturated carbocycles. The van der Waals surface area contributed by atoms with E-state index in [-0.39, 0.29) is 6.10 Å². The lowest BCUT2D eigenvalue weighted by atomic mass is 10.0. The number of carbonyl (C=O) groups excluding carboxylic acids is 1. The Morgan fingerprint density at radius 3 is 2.18 bits per heavy atom. The summed E-state index contributed by atoms with van der Waals surface area (Å²) in [7, 11) is 1.70. The van der Waals surface area contributed by atoms with Gasteiger partial charge in [0.15, 0.2) is 0 Å². The summed E-state index contributed by atoms with van der Waals surface area (Å²) < 4.78 is 5.13. The van der Waals surface area contributed by atoms with E-state index in [4.69, 9.17) is 4.74 Å². The van der Waals surface area contributed by atoms with Crippen LogP contribution in [-0.2, 0) is 9.53 Å². The van der Waals surface area contributed by atoms with E-state index in [9.17, 15) is 4.79 Å². The summed E-state index contributed by atoms with van der Waals surface area (Å²) in [5.41, 5.74) is 0. The van der Waals surface area contributed by atoms with E-state index < -0.39 is 0 Å². The van der Waals surface area contributed by atoms with Crippen LogP contribution in [0.4, 0.5) is 0 Å². The van der Waals surface area contributed by atoms with Gasteiger partial charge in [-0.1, -0.05) is 45.4 Å². The zero-order chi connectivity index (χ0) is 12.9. The molecule has 1 unspecified atom stereocenters. The van der Waals surface area contributed by atoms with E-state index in [0.29, 0.717) is 12.2 Å². The molecule has 0 spiro atoms. The average molecular weight is 242 g/mol. The SMILES string of the molecule is CCCCCCCCCC(=O)CCC(C)OC. The Morgan fingerprint density at radius 2 is 1.59 bits per heavy atom. The minimum absolute atomic E-state index is 0.216. The van der Waals surface area contributed by atoms with Gasteiger partial charge in [0, 0.05) is 20.0 Å². The molecule has 0 aromatic rings. The largest absolute Gasteiger partial charge is 0.382 e. The first-order chi connectivity index (χ1) is 8.20. The van der Waals surface area contributed by atoms with Crippen LogP contribution in [0.15, 0.2) is 0 Å². The Balaban J connectivity index is 3.22. The number of ether oxygens (including phenoxy) is 1. The standard InChI is InChI=1S/C15H30O2/c1-4-5-6-7-8-9-10-11-15(16)13-12-14(2)17-3/h14H,4-13H2,1-3H3. The predicted molar refractivity (Wildman–Crippen MR) is 73.3 cm³/mol. The van der Waals surface area contributed by atoms with Gasteiger partial charge in [0.2, 0.25) is 0 Å².